The van der Waals surface area contributed by atoms with Crippen LogP contribution in [0.1, 0.15) is 49.3 Å². The summed E-state index contributed by atoms with van der Waals surface area (Å²) in [5.74, 6) is -0.522. The smallest absolute Gasteiger partial charge is 0.247 e. The Labute approximate surface area is 237 Å². The zero-order valence-corrected chi connectivity index (χ0v) is 23.1. The van der Waals surface area contributed by atoms with Crippen molar-refractivity contribution >= 4 is 34.4 Å². The highest BCUT2D eigenvalue weighted by atomic mass is 35.5. The van der Waals surface area contributed by atoms with Crippen LogP contribution in [0, 0.1) is 0 Å². The van der Waals surface area contributed by atoms with E-state index in [-0.39, 0.29) is 42.4 Å². The number of hydrogen-bond donors (Lipinski definition) is 2. The number of phenols is 1. The van der Waals surface area contributed by atoms with Gasteiger partial charge in [0.25, 0.3) is 0 Å². The first-order valence-corrected chi connectivity index (χ1v) is 13.8. The number of rotatable bonds is 9. The first kappa shape index (κ1) is 27.5. The van der Waals surface area contributed by atoms with E-state index in [2.05, 4.69) is 15.6 Å². The van der Waals surface area contributed by atoms with Gasteiger partial charge < -0.3 is 20.1 Å². The number of methoxy groups -OCH3 is 1. The molecule has 0 saturated heterocycles. The predicted molar refractivity (Wildman–Crippen MR) is 152 cm³/mol. The number of amides is 2. The monoisotopic (exact) mass is 561 g/mol. The van der Waals surface area contributed by atoms with Crippen LogP contribution in [0.4, 0.5) is 0 Å². The van der Waals surface area contributed by atoms with Gasteiger partial charge in [0, 0.05) is 17.6 Å². The fourth-order valence-electron chi connectivity index (χ4n) is 5.26. The van der Waals surface area contributed by atoms with Gasteiger partial charge in [0.15, 0.2) is 11.5 Å². The third-order valence-electron chi connectivity index (χ3n) is 7.35. The number of carbonyl (C=O) groups excluding carboxylic acids is 2. The number of fused-ring (bicyclic) bond motifs is 1. The van der Waals surface area contributed by atoms with Gasteiger partial charge in [0.05, 0.1) is 12.6 Å². The molecule has 9 nitrogen and oxygen atoms in total. The second-order valence-corrected chi connectivity index (χ2v) is 10.4. The van der Waals surface area contributed by atoms with Gasteiger partial charge in [0.2, 0.25) is 11.8 Å². The van der Waals surface area contributed by atoms with E-state index in [4.69, 9.17) is 16.3 Å². The summed E-state index contributed by atoms with van der Waals surface area (Å²) in [6.45, 7) is -0.0685. The molecule has 208 valence electrons. The second-order valence-electron chi connectivity index (χ2n) is 10.0. The highest BCUT2D eigenvalue weighted by Gasteiger charge is 2.34. The Bertz CT molecular complexity index is 1500. The van der Waals surface area contributed by atoms with Gasteiger partial charge in [-0.2, -0.15) is 0 Å². The van der Waals surface area contributed by atoms with Gasteiger partial charge >= 0.3 is 0 Å². The highest BCUT2D eigenvalue weighted by molar-refractivity contribution is 6.31. The SMILES string of the molecule is COc1ccc([C@H](C(=O)NC2CCCCC2)N(Cc2ccccc2Cl)C(=O)Cn2nnc3ccccc32)cc1O. The van der Waals surface area contributed by atoms with Crippen molar-refractivity contribution in [1.82, 2.24) is 25.2 Å². The lowest BCUT2D eigenvalue weighted by atomic mass is 9.94. The molecule has 1 aliphatic carbocycles. The number of carbonyl (C=O) groups is 2. The Morgan fingerprint density at radius 3 is 2.60 bits per heavy atom. The highest BCUT2D eigenvalue weighted by Crippen LogP contribution is 2.33. The molecule has 40 heavy (non-hydrogen) atoms. The zero-order valence-electron chi connectivity index (χ0n) is 22.3. The number of aromatic nitrogens is 3. The molecule has 0 bridgehead atoms. The van der Waals surface area contributed by atoms with Crippen molar-refractivity contribution in [1.29, 1.82) is 0 Å². The van der Waals surface area contributed by atoms with E-state index >= 15 is 0 Å². The van der Waals surface area contributed by atoms with E-state index in [0.29, 0.717) is 27.2 Å². The Hall–Kier alpha value is -4.11. The fraction of sp³-hybridized carbons (Fsp3) is 0.333. The van der Waals surface area contributed by atoms with Crippen LogP contribution in [0.5, 0.6) is 11.5 Å². The molecule has 1 atom stereocenters. The topological polar surface area (TPSA) is 110 Å². The van der Waals surface area contributed by atoms with Crippen molar-refractivity contribution in [2.75, 3.05) is 7.11 Å². The minimum absolute atomic E-state index is 0.0205. The Morgan fingerprint density at radius 2 is 1.85 bits per heavy atom. The van der Waals surface area contributed by atoms with Crippen LogP contribution < -0.4 is 10.1 Å². The van der Waals surface area contributed by atoms with E-state index in [1.807, 2.05) is 42.5 Å². The third kappa shape index (κ3) is 6.04. The molecule has 2 N–H and O–H groups in total. The maximum Gasteiger partial charge on any atom is 0.247 e. The molecule has 1 heterocycles. The van der Waals surface area contributed by atoms with Gasteiger partial charge in [-0.05, 0) is 54.3 Å². The van der Waals surface area contributed by atoms with E-state index in [1.54, 1.807) is 18.2 Å². The standard InChI is InChI=1S/C30H32ClN5O4/c1-40-27-16-15-20(17-26(27)37)29(30(39)32-22-10-3-2-4-11-22)35(18-21-9-5-6-12-23(21)31)28(38)19-36-25-14-8-7-13-24(25)33-34-36/h5-9,12-17,22,29,37H,2-4,10-11,18-19H2,1H3,(H,32,39)/t29-/m1/s1. The van der Waals surface area contributed by atoms with Gasteiger partial charge in [-0.1, -0.05) is 72.5 Å². The van der Waals surface area contributed by atoms with Crippen LogP contribution in [0.3, 0.4) is 0 Å². The molecule has 1 fully saturated rings. The van der Waals surface area contributed by atoms with Gasteiger partial charge in [0.1, 0.15) is 18.1 Å². The molecular weight excluding hydrogens is 530 g/mol. The quantitative estimate of drug-likeness (QED) is 0.297. The van der Waals surface area contributed by atoms with Crippen molar-refractivity contribution in [3.63, 3.8) is 0 Å². The summed E-state index contributed by atoms with van der Waals surface area (Å²) in [7, 11) is 1.46. The molecule has 5 rings (SSSR count). The number of nitrogens with one attached hydrogen (secondary N) is 1. The average molecular weight is 562 g/mol. The Kier molecular flexibility index (Phi) is 8.50. The number of nitrogens with zero attached hydrogens (tertiary/aromatic N) is 4. The minimum Gasteiger partial charge on any atom is -0.504 e. The summed E-state index contributed by atoms with van der Waals surface area (Å²) in [4.78, 5) is 29.6. The van der Waals surface area contributed by atoms with E-state index in [9.17, 15) is 14.7 Å². The maximum atomic E-state index is 14.1. The van der Waals surface area contributed by atoms with Crippen molar-refractivity contribution in [3.8, 4) is 11.5 Å². The lowest BCUT2D eigenvalue weighted by molar-refractivity contribution is -0.142. The molecule has 10 heteroatoms. The Morgan fingerprint density at radius 1 is 1.10 bits per heavy atom. The van der Waals surface area contributed by atoms with Gasteiger partial charge in [-0.3, -0.25) is 9.59 Å². The molecule has 0 radical (unpaired) electrons. The van der Waals surface area contributed by atoms with Crippen molar-refractivity contribution < 1.29 is 19.4 Å². The van der Waals surface area contributed by atoms with Crippen LogP contribution in [0.25, 0.3) is 11.0 Å². The number of benzene rings is 3. The summed E-state index contributed by atoms with van der Waals surface area (Å²) < 4.78 is 6.75. The summed E-state index contributed by atoms with van der Waals surface area (Å²) in [5, 5.41) is 22.6. The largest absolute Gasteiger partial charge is 0.504 e. The van der Waals surface area contributed by atoms with Crippen LogP contribution in [-0.2, 0) is 22.7 Å². The van der Waals surface area contributed by atoms with E-state index < -0.39 is 6.04 Å². The summed E-state index contributed by atoms with van der Waals surface area (Å²) in [6.07, 6.45) is 5.00. The average Bonchev–Trinajstić information content (AvgIpc) is 3.37. The first-order valence-electron chi connectivity index (χ1n) is 13.4. The number of aromatic hydroxyl groups is 1. The van der Waals surface area contributed by atoms with Gasteiger partial charge in [-0.25, -0.2) is 4.68 Å². The molecule has 0 spiro atoms. The molecular formula is C30H32ClN5O4. The van der Waals surface area contributed by atoms with Crippen molar-refractivity contribution in [3.05, 3.63) is 82.9 Å². The van der Waals surface area contributed by atoms with Crippen molar-refractivity contribution in [2.24, 2.45) is 0 Å². The predicted octanol–water partition coefficient (Wildman–Crippen LogP) is 5.02. The van der Waals surface area contributed by atoms with Crippen LogP contribution in [0.2, 0.25) is 5.02 Å². The van der Waals surface area contributed by atoms with Crippen LogP contribution >= 0.6 is 11.6 Å². The van der Waals surface area contributed by atoms with Crippen LogP contribution in [-0.4, -0.2) is 50.0 Å². The normalized spacial score (nSPS) is 14.6. The summed E-state index contributed by atoms with van der Waals surface area (Å²) >= 11 is 6.52. The minimum atomic E-state index is -1.04. The summed E-state index contributed by atoms with van der Waals surface area (Å²) in [5.41, 5.74) is 2.52. The number of hydrogen-bond acceptors (Lipinski definition) is 6. The molecule has 1 saturated carbocycles. The number of phenolic OH excluding ortho intramolecular Hbond substituents is 1. The molecule has 1 aromatic heterocycles. The van der Waals surface area contributed by atoms with E-state index in [0.717, 1.165) is 32.1 Å². The second kappa shape index (κ2) is 12.4. The molecule has 0 unspecified atom stereocenters. The number of halogens is 1. The molecule has 0 aliphatic heterocycles. The lowest BCUT2D eigenvalue weighted by Crippen LogP contribution is -2.47. The summed E-state index contributed by atoms with van der Waals surface area (Å²) in [6, 6.07) is 18.3. The molecule has 1 aliphatic rings. The van der Waals surface area contributed by atoms with Gasteiger partial charge in [-0.15, -0.1) is 5.10 Å². The van der Waals surface area contributed by atoms with Crippen LogP contribution in [0.15, 0.2) is 66.7 Å². The fourth-order valence-corrected chi connectivity index (χ4v) is 5.46. The number of ether oxygens (including phenoxy) is 1. The first-order chi connectivity index (χ1) is 19.4. The zero-order chi connectivity index (χ0) is 28.1. The van der Waals surface area contributed by atoms with Crippen molar-refractivity contribution in [2.45, 2.75) is 57.3 Å². The molecule has 2 amide bonds. The van der Waals surface area contributed by atoms with E-state index in [1.165, 1.54) is 22.8 Å². The number of para-hydroxylation sites is 1. The lowest BCUT2D eigenvalue weighted by Gasteiger charge is -2.34. The molecule has 4 aromatic rings. The molecule has 3 aromatic carbocycles. The Balaban J connectivity index is 1.56. The third-order valence-corrected chi connectivity index (χ3v) is 7.72. The maximum absolute atomic E-state index is 14.1.